The molecule has 0 aliphatic heterocycles. The molecule has 1 N–H and O–H groups in total. The molecule has 1 saturated carbocycles. The Balaban J connectivity index is 2.26. The number of rotatable bonds is 4. The molecule has 4 nitrogen and oxygen atoms in total. The third kappa shape index (κ3) is 2.16. The summed E-state index contributed by atoms with van der Waals surface area (Å²) in [6.07, 6.45) is 8.08. The average Bonchev–Trinajstić information content (AvgIpc) is 2.74. The molecule has 4 heteroatoms. The molecule has 88 valence electrons. The summed E-state index contributed by atoms with van der Waals surface area (Å²) in [7, 11) is 0. The zero-order valence-corrected chi connectivity index (χ0v) is 9.60. The van der Waals surface area contributed by atoms with Crippen LogP contribution in [0.25, 0.3) is 0 Å². The standard InChI is InChI=1S/C12H19N3O/c1-2-8-15-12(11(9-16)13-14-15)10-6-4-3-5-7-10/h2,10,16H,1,3-9H2. The minimum atomic E-state index is -0.0109. The third-order valence-corrected chi connectivity index (χ3v) is 3.29. The van der Waals surface area contributed by atoms with E-state index in [2.05, 4.69) is 16.9 Å². The molecule has 0 atom stereocenters. The number of aliphatic hydroxyl groups is 1. The topological polar surface area (TPSA) is 50.9 Å². The molecule has 0 spiro atoms. The van der Waals surface area contributed by atoms with Crippen molar-refractivity contribution in [1.29, 1.82) is 0 Å². The quantitative estimate of drug-likeness (QED) is 0.791. The van der Waals surface area contributed by atoms with Crippen molar-refractivity contribution in [2.75, 3.05) is 0 Å². The first kappa shape index (κ1) is 11.3. The predicted molar refractivity (Wildman–Crippen MR) is 62.0 cm³/mol. The Hall–Kier alpha value is -1.16. The lowest BCUT2D eigenvalue weighted by Gasteiger charge is -2.22. The SMILES string of the molecule is C=CCn1nnc(CO)c1C1CCCCC1. The smallest absolute Gasteiger partial charge is 0.112 e. The fourth-order valence-corrected chi connectivity index (χ4v) is 2.55. The van der Waals surface area contributed by atoms with Crippen molar-refractivity contribution >= 4 is 0 Å². The van der Waals surface area contributed by atoms with Crippen LogP contribution in [0.4, 0.5) is 0 Å². The highest BCUT2D eigenvalue weighted by Gasteiger charge is 2.23. The Kier molecular flexibility index (Phi) is 3.72. The van der Waals surface area contributed by atoms with Crippen molar-refractivity contribution in [2.45, 2.75) is 51.2 Å². The highest BCUT2D eigenvalue weighted by atomic mass is 16.3. The molecule has 0 saturated heterocycles. The number of aromatic nitrogens is 3. The predicted octanol–water partition coefficient (Wildman–Crippen LogP) is 2.00. The van der Waals surface area contributed by atoms with Gasteiger partial charge in [-0.1, -0.05) is 30.6 Å². The number of aliphatic hydroxyl groups excluding tert-OH is 1. The maximum absolute atomic E-state index is 9.29. The summed E-state index contributed by atoms with van der Waals surface area (Å²) in [5, 5.41) is 17.4. The highest BCUT2D eigenvalue weighted by molar-refractivity contribution is 5.16. The number of hydrogen-bond donors (Lipinski definition) is 1. The Morgan fingerprint density at radius 2 is 2.12 bits per heavy atom. The van der Waals surface area contributed by atoms with Gasteiger partial charge in [0.2, 0.25) is 0 Å². The first-order valence-corrected chi connectivity index (χ1v) is 6.00. The molecule has 0 radical (unpaired) electrons. The minimum Gasteiger partial charge on any atom is -0.390 e. The fraction of sp³-hybridized carbons (Fsp3) is 0.667. The summed E-state index contributed by atoms with van der Waals surface area (Å²) in [5.74, 6) is 0.519. The summed E-state index contributed by atoms with van der Waals surface area (Å²) >= 11 is 0. The van der Waals surface area contributed by atoms with E-state index in [-0.39, 0.29) is 6.61 Å². The summed E-state index contributed by atoms with van der Waals surface area (Å²) in [6.45, 7) is 4.39. The van der Waals surface area contributed by atoms with E-state index in [4.69, 9.17) is 0 Å². The molecule has 0 aromatic carbocycles. The Labute approximate surface area is 96.0 Å². The molecule has 16 heavy (non-hydrogen) atoms. The average molecular weight is 221 g/mol. The Morgan fingerprint density at radius 3 is 2.75 bits per heavy atom. The van der Waals surface area contributed by atoms with Gasteiger partial charge < -0.3 is 5.11 Å². The van der Waals surface area contributed by atoms with Crippen LogP contribution in [-0.2, 0) is 13.2 Å². The number of hydrogen-bond acceptors (Lipinski definition) is 3. The van der Waals surface area contributed by atoms with Crippen LogP contribution in [0.15, 0.2) is 12.7 Å². The van der Waals surface area contributed by atoms with Crippen molar-refractivity contribution in [1.82, 2.24) is 15.0 Å². The van der Waals surface area contributed by atoms with E-state index in [9.17, 15) is 5.11 Å². The van der Waals surface area contributed by atoms with E-state index in [1.807, 2.05) is 10.8 Å². The summed E-state index contributed by atoms with van der Waals surface area (Å²) in [4.78, 5) is 0. The minimum absolute atomic E-state index is 0.0109. The Bertz CT molecular complexity index is 353. The van der Waals surface area contributed by atoms with Crippen LogP contribution in [0.5, 0.6) is 0 Å². The number of nitrogens with zero attached hydrogens (tertiary/aromatic N) is 3. The normalized spacial score (nSPS) is 17.6. The van der Waals surface area contributed by atoms with Crippen LogP contribution in [-0.4, -0.2) is 20.1 Å². The molecule has 1 aliphatic carbocycles. The van der Waals surface area contributed by atoms with Crippen LogP contribution in [0.3, 0.4) is 0 Å². The molecule has 1 heterocycles. The largest absolute Gasteiger partial charge is 0.390 e. The third-order valence-electron chi connectivity index (χ3n) is 3.29. The lowest BCUT2D eigenvalue weighted by Crippen LogP contribution is -2.13. The van der Waals surface area contributed by atoms with Crippen molar-refractivity contribution in [3.05, 3.63) is 24.0 Å². The van der Waals surface area contributed by atoms with Gasteiger partial charge in [-0.15, -0.1) is 11.7 Å². The second kappa shape index (κ2) is 5.25. The zero-order chi connectivity index (χ0) is 11.4. The monoisotopic (exact) mass is 221 g/mol. The molecular formula is C12H19N3O. The van der Waals surface area contributed by atoms with Gasteiger partial charge in [-0.2, -0.15) is 0 Å². The van der Waals surface area contributed by atoms with Crippen LogP contribution in [0.2, 0.25) is 0 Å². The first-order chi connectivity index (χ1) is 7.86. The molecule has 1 aromatic heterocycles. The van der Waals surface area contributed by atoms with Gasteiger partial charge in [0.05, 0.1) is 18.8 Å². The van der Waals surface area contributed by atoms with Gasteiger partial charge in [0.15, 0.2) is 0 Å². The molecule has 0 bridgehead atoms. The van der Waals surface area contributed by atoms with Gasteiger partial charge in [-0.05, 0) is 12.8 Å². The van der Waals surface area contributed by atoms with Gasteiger partial charge in [0.25, 0.3) is 0 Å². The molecule has 1 fully saturated rings. The van der Waals surface area contributed by atoms with Crippen molar-refractivity contribution in [2.24, 2.45) is 0 Å². The van der Waals surface area contributed by atoms with Gasteiger partial charge in [0.1, 0.15) is 5.69 Å². The Morgan fingerprint density at radius 1 is 1.38 bits per heavy atom. The van der Waals surface area contributed by atoms with E-state index in [1.54, 1.807) is 0 Å². The van der Waals surface area contributed by atoms with E-state index >= 15 is 0 Å². The summed E-state index contributed by atoms with van der Waals surface area (Å²) in [6, 6.07) is 0. The van der Waals surface area contributed by atoms with Gasteiger partial charge >= 0.3 is 0 Å². The van der Waals surface area contributed by atoms with E-state index < -0.39 is 0 Å². The van der Waals surface area contributed by atoms with Crippen molar-refractivity contribution < 1.29 is 5.11 Å². The van der Waals surface area contributed by atoms with Gasteiger partial charge in [0, 0.05) is 5.92 Å². The van der Waals surface area contributed by atoms with Crippen LogP contribution in [0.1, 0.15) is 49.4 Å². The summed E-state index contributed by atoms with van der Waals surface area (Å²) in [5.41, 5.74) is 1.87. The second-order valence-electron chi connectivity index (χ2n) is 4.39. The van der Waals surface area contributed by atoms with Crippen LogP contribution >= 0.6 is 0 Å². The lowest BCUT2D eigenvalue weighted by molar-refractivity contribution is 0.273. The lowest BCUT2D eigenvalue weighted by atomic mass is 9.86. The zero-order valence-electron chi connectivity index (χ0n) is 9.60. The van der Waals surface area contributed by atoms with E-state index in [0.717, 1.165) is 11.4 Å². The van der Waals surface area contributed by atoms with E-state index in [0.29, 0.717) is 12.5 Å². The molecule has 0 amide bonds. The van der Waals surface area contributed by atoms with Crippen molar-refractivity contribution in [3.63, 3.8) is 0 Å². The van der Waals surface area contributed by atoms with Crippen molar-refractivity contribution in [3.8, 4) is 0 Å². The van der Waals surface area contributed by atoms with Crippen LogP contribution in [0, 0.1) is 0 Å². The maximum atomic E-state index is 9.29. The fourth-order valence-electron chi connectivity index (χ4n) is 2.55. The molecule has 1 aliphatic rings. The highest BCUT2D eigenvalue weighted by Crippen LogP contribution is 2.33. The second-order valence-corrected chi connectivity index (χ2v) is 4.39. The molecule has 0 unspecified atom stereocenters. The molecular weight excluding hydrogens is 202 g/mol. The first-order valence-electron chi connectivity index (χ1n) is 6.00. The van der Waals surface area contributed by atoms with Crippen LogP contribution < -0.4 is 0 Å². The number of allylic oxidation sites excluding steroid dienone is 1. The summed E-state index contributed by atoms with van der Waals surface area (Å²) < 4.78 is 1.88. The molecule has 2 rings (SSSR count). The molecule has 1 aromatic rings. The maximum Gasteiger partial charge on any atom is 0.112 e. The van der Waals surface area contributed by atoms with Gasteiger partial charge in [-0.3, -0.25) is 0 Å². The van der Waals surface area contributed by atoms with Gasteiger partial charge in [-0.25, -0.2) is 4.68 Å². The van der Waals surface area contributed by atoms with E-state index in [1.165, 1.54) is 32.1 Å².